The first-order valence-electron chi connectivity index (χ1n) is 7.94. The normalized spacial score (nSPS) is 29.9. The van der Waals surface area contributed by atoms with Crippen molar-refractivity contribution in [1.29, 1.82) is 0 Å². The summed E-state index contributed by atoms with van der Waals surface area (Å²) in [5, 5.41) is 3.52. The molecule has 0 bridgehead atoms. The molecule has 1 N–H and O–H groups in total. The summed E-state index contributed by atoms with van der Waals surface area (Å²) in [4.78, 5) is 14.8. The standard InChI is InChI=1S/C17H24N2O2/c1-3-15-17(20)19(13-8-6-10-21-11-13)16(18-15)14-9-5-4-7-12(14)2/h4-5,7,9,13,15-16,18H,3,6,8,10-11H2,1-2H3. The highest BCUT2D eigenvalue weighted by Gasteiger charge is 2.43. The maximum atomic E-state index is 12.7. The molecule has 0 spiro atoms. The van der Waals surface area contributed by atoms with Crippen LogP contribution in [0.25, 0.3) is 0 Å². The zero-order valence-electron chi connectivity index (χ0n) is 12.8. The number of hydrogen-bond donors (Lipinski definition) is 1. The summed E-state index contributed by atoms with van der Waals surface area (Å²) >= 11 is 0. The SMILES string of the molecule is CCC1NC(c2ccccc2C)N(C2CCCOC2)C1=O. The molecule has 21 heavy (non-hydrogen) atoms. The van der Waals surface area contributed by atoms with Crippen molar-refractivity contribution >= 4 is 5.91 Å². The lowest BCUT2D eigenvalue weighted by Crippen LogP contribution is -2.44. The van der Waals surface area contributed by atoms with Crippen molar-refractivity contribution in [2.45, 2.75) is 51.4 Å². The minimum atomic E-state index is -0.0727. The molecular weight excluding hydrogens is 264 g/mol. The quantitative estimate of drug-likeness (QED) is 0.928. The van der Waals surface area contributed by atoms with E-state index >= 15 is 0 Å². The fourth-order valence-electron chi connectivity index (χ4n) is 3.41. The number of nitrogens with zero attached hydrogens (tertiary/aromatic N) is 1. The van der Waals surface area contributed by atoms with Crippen LogP contribution >= 0.6 is 0 Å². The maximum Gasteiger partial charge on any atom is 0.241 e. The van der Waals surface area contributed by atoms with Gasteiger partial charge in [-0.05, 0) is 37.3 Å². The summed E-state index contributed by atoms with van der Waals surface area (Å²) in [6.07, 6.45) is 2.87. The van der Waals surface area contributed by atoms with Gasteiger partial charge in [-0.25, -0.2) is 0 Å². The highest BCUT2D eigenvalue weighted by Crippen LogP contribution is 2.32. The molecule has 114 valence electrons. The maximum absolute atomic E-state index is 12.7. The lowest BCUT2D eigenvalue weighted by molar-refractivity contribution is -0.135. The van der Waals surface area contributed by atoms with Crippen LogP contribution in [0, 0.1) is 6.92 Å². The van der Waals surface area contributed by atoms with Crippen molar-refractivity contribution in [3.05, 3.63) is 35.4 Å². The van der Waals surface area contributed by atoms with Gasteiger partial charge in [0.25, 0.3) is 0 Å². The van der Waals surface area contributed by atoms with E-state index in [1.54, 1.807) is 0 Å². The number of amides is 1. The van der Waals surface area contributed by atoms with E-state index in [2.05, 4.69) is 31.3 Å². The second-order valence-electron chi connectivity index (χ2n) is 6.00. The fraction of sp³-hybridized carbons (Fsp3) is 0.588. The van der Waals surface area contributed by atoms with Crippen LogP contribution in [0.5, 0.6) is 0 Å². The molecule has 3 rings (SSSR count). The van der Waals surface area contributed by atoms with E-state index in [9.17, 15) is 4.79 Å². The van der Waals surface area contributed by atoms with Gasteiger partial charge >= 0.3 is 0 Å². The third-order valence-corrected chi connectivity index (χ3v) is 4.61. The third-order valence-electron chi connectivity index (χ3n) is 4.61. The summed E-state index contributed by atoms with van der Waals surface area (Å²) < 4.78 is 5.60. The van der Waals surface area contributed by atoms with E-state index in [0.29, 0.717) is 6.61 Å². The van der Waals surface area contributed by atoms with Gasteiger partial charge in [-0.2, -0.15) is 0 Å². The minimum Gasteiger partial charge on any atom is -0.379 e. The Kier molecular flexibility index (Phi) is 4.27. The Labute approximate surface area is 126 Å². The van der Waals surface area contributed by atoms with Gasteiger partial charge in [-0.15, -0.1) is 0 Å². The highest BCUT2D eigenvalue weighted by molar-refractivity contribution is 5.85. The monoisotopic (exact) mass is 288 g/mol. The first-order chi connectivity index (χ1) is 10.2. The number of aryl methyl sites for hydroxylation is 1. The summed E-state index contributed by atoms with van der Waals surface area (Å²) in [5.74, 6) is 0.223. The van der Waals surface area contributed by atoms with E-state index in [1.165, 1.54) is 11.1 Å². The Morgan fingerprint density at radius 2 is 2.19 bits per heavy atom. The van der Waals surface area contributed by atoms with Crippen molar-refractivity contribution in [1.82, 2.24) is 10.2 Å². The predicted molar refractivity (Wildman–Crippen MR) is 81.8 cm³/mol. The molecule has 0 aliphatic carbocycles. The Balaban J connectivity index is 1.92. The van der Waals surface area contributed by atoms with Crippen LogP contribution in [-0.2, 0) is 9.53 Å². The van der Waals surface area contributed by atoms with Gasteiger partial charge in [0.1, 0.15) is 6.17 Å². The minimum absolute atomic E-state index is 0.0182. The summed E-state index contributed by atoms with van der Waals surface area (Å²) in [6, 6.07) is 8.44. The molecule has 0 radical (unpaired) electrons. The smallest absolute Gasteiger partial charge is 0.241 e. The first-order valence-corrected chi connectivity index (χ1v) is 7.94. The van der Waals surface area contributed by atoms with Crippen LogP contribution < -0.4 is 5.32 Å². The Morgan fingerprint density at radius 1 is 1.38 bits per heavy atom. The Hall–Kier alpha value is -1.39. The topological polar surface area (TPSA) is 41.6 Å². The highest BCUT2D eigenvalue weighted by atomic mass is 16.5. The summed E-state index contributed by atoms with van der Waals surface area (Å²) in [6.45, 7) is 5.64. The van der Waals surface area contributed by atoms with Gasteiger partial charge in [-0.3, -0.25) is 10.1 Å². The van der Waals surface area contributed by atoms with Gasteiger partial charge in [0.05, 0.1) is 18.7 Å². The van der Waals surface area contributed by atoms with Crippen molar-refractivity contribution in [3.63, 3.8) is 0 Å². The average molecular weight is 288 g/mol. The number of carbonyl (C=O) groups excluding carboxylic acids is 1. The molecule has 2 heterocycles. The molecule has 2 saturated heterocycles. The molecule has 1 aromatic carbocycles. The first kappa shape index (κ1) is 14.5. The Bertz CT molecular complexity index is 511. The zero-order chi connectivity index (χ0) is 14.8. The molecular formula is C17H24N2O2. The molecule has 3 atom stereocenters. The number of benzene rings is 1. The second-order valence-corrected chi connectivity index (χ2v) is 6.00. The molecule has 0 saturated carbocycles. The van der Waals surface area contributed by atoms with Crippen LogP contribution in [0.3, 0.4) is 0 Å². The number of rotatable bonds is 3. The predicted octanol–water partition coefficient (Wildman–Crippen LogP) is 2.38. The van der Waals surface area contributed by atoms with Crippen LogP contribution in [0.2, 0.25) is 0 Å². The number of nitrogens with one attached hydrogen (secondary N) is 1. The van der Waals surface area contributed by atoms with Crippen LogP contribution in [0.15, 0.2) is 24.3 Å². The number of ether oxygens (including phenoxy) is 1. The molecule has 0 aromatic heterocycles. The van der Waals surface area contributed by atoms with Gasteiger partial charge < -0.3 is 9.64 Å². The van der Waals surface area contributed by atoms with E-state index in [1.807, 2.05) is 17.0 Å². The second kappa shape index (κ2) is 6.16. The van der Waals surface area contributed by atoms with E-state index in [4.69, 9.17) is 4.74 Å². The van der Waals surface area contributed by atoms with E-state index in [-0.39, 0.29) is 24.2 Å². The van der Waals surface area contributed by atoms with Gasteiger partial charge in [0.2, 0.25) is 5.91 Å². The molecule has 1 amide bonds. The average Bonchev–Trinajstić information content (AvgIpc) is 2.85. The van der Waals surface area contributed by atoms with Crippen LogP contribution in [0.1, 0.15) is 43.5 Å². The Morgan fingerprint density at radius 3 is 2.86 bits per heavy atom. The molecule has 2 aliphatic heterocycles. The van der Waals surface area contributed by atoms with E-state index in [0.717, 1.165) is 25.9 Å². The van der Waals surface area contributed by atoms with E-state index < -0.39 is 0 Å². The van der Waals surface area contributed by atoms with Crippen LogP contribution in [0.4, 0.5) is 0 Å². The lowest BCUT2D eigenvalue weighted by Gasteiger charge is -2.35. The van der Waals surface area contributed by atoms with Crippen molar-refractivity contribution < 1.29 is 9.53 Å². The molecule has 2 aliphatic rings. The molecule has 4 heteroatoms. The van der Waals surface area contributed by atoms with Gasteiger partial charge in [0, 0.05) is 6.61 Å². The summed E-state index contributed by atoms with van der Waals surface area (Å²) in [7, 11) is 0. The van der Waals surface area contributed by atoms with Gasteiger partial charge in [-0.1, -0.05) is 31.2 Å². The zero-order valence-corrected chi connectivity index (χ0v) is 12.8. The molecule has 4 nitrogen and oxygen atoms in total. The van der Waals surface area contributed by atoms with Crippen molar-refractivity contribution in [2.75, 3.05) is 13.2 Å². The fourth-order valence-corrected chi connectivity index (χ4v) is 3.41. The van der Waals surface area contributed by atoms with Gasteiger partial charge in [0.15, 0.2) is 0 Å². The third kappa shape index (κ3) is 2.70. The number of carbonyl (C=O) groups is 1. The van der Waals surface area contributed by atoms with Crippen molar-refractivity contribution in [3.8, 4) is 0 Å². The largest absolute Gasteiger partial charge is 0.379 e. The lowest BCUT2D eigenvalue weighted by atomic mass is 10.0. The number of hydrogen-bond acceptors (Lipinski definition) is 3. The molecule has 1 aromatic rings. The van der Waals surface area contributed by atoms with Crippen LogP contribution in [-0.4, -0.2) is 36.1 Å². The van der Waals surface area contributed by atoms with Crippen molar-refractivity contribution in [2.24, 2.45) is 0 Å². The molecule has 2 fully saturated rings. The molecule has 3 unspecified atom stereocenters. The summed E-state index contributed by atoms with van der Waals surface area (Å²) in [5.41, 5.74) is 2.42.